The first kappa shape index (κ1) is 20.0. The fourth-order valence-corrected chi connectivity index (χ4v) is 3.50. The molecule has 1 N–H and O–H groups in total. The van der Waals surface area contributed by atoms with Crippen molar-refractivity contribution < 1.29 is 24.2 Å². The molecule has 0 spiro atoms. The summed E-state index contributed by atoms with van der Waals surface area (Å²) in [6, 6.07) is 20.2. The maximum atomic E-state index is 12.6. The molecule has 0 saturated heterocycles. The molecule has 1 aliphatic heterocycles. The number of anilines is 1. The summed E-state index contributed by atoms with van der Waals surface area (Å²) in [7, 11) is 0. The average Bonchev–Trinajstić information content (AvgIpc) is 2.77. The van der Waals surface area contributed by atoms with Gasteiger partial charge in [0.1, 0.15) is 0 Å². The fraction of sp³-hybridized carbons (Fsp3) is 0.0833. The Labute approximate surface area is 178 Å². The number of aromatic carboxylic acids is 1. The minimum atomic E-state index is -1.08. The zero-order chi connectivity index (χ0) is 22.0. The van der Waals surface area contributed by atoms with Gasteiger partial charge in [-0.3, -0.25) is 14.7 Å². The number of nitrogens with zero attached hydrogens (tertiary/aromatic N) is 2. The zero-order valence-electron chi connectivity index (χ0n) is 16.6. The Balaban J connectivity index is 1.78. The molecule has 0 aliphatic carbocycles. The maximum absolute atomic E-state index is 12.6. The van der Waals surface area contributed by atoms with Crippen molar-refractivity contribution in [2.45, 2.75) is 13.2 Å². The predicted octanol–water partition coefficient (Wildman–Crippen LogP) is 4.36. The van der Waals surface area contributed by atoms with Crippen LogP contribution in [0.2, 0.25) is 0 Å². The Morgan fingerprint density at radius 2 is 1.68 bits per heavy atom. The van der Waals surface area contributed by atoms with E-state index in [1.165, 1.54) is 24.1 Å². The van der Waals surface area contributed by atoms with Gasteiger partial charge in [-0.25, -0.2) is 9.59 Å². The molecule has 7 nitrogen and oxygen atoms in total. The third-order valence-corrected chi connectivity index (χ3v) is 4.92. The van der Waals surface area contributed by atoms with Crippen molar-refractivity contribution >= 4 is 35.4 Å². The van der Waals surface area contributed by atoms with Crippen LogP contribution in [0.4, 0.5) is 11.4 Å². The Morgan fingerprint density at radius 1 is 1.00 bits per heavy atom. The molecule has 1 unspecified atom stereocenters. The highest BCUT2D eigenvalue weighted by Gasteiger charge is 2.36. The van der Waals surface area contributed by atoms with E-state index < -0.39 is 18.2 Å². The van der Waals surface area contributed by atoms with Gasteiger partial charge in [0, 0.05) is 24.3 Å². The summed E-state index contributed by atoms with van der Waals surface area (Å²) in [6.07, 6.45) is 0.529. The van der Waals surface area contributed by atoms with Crippen LogP contribution in [0.3, 0.4) is 0 Å². The largest absolute Gasteiger partial charge is 0.478 e. The Hall–Kier alpha value is -4.26. The highest BCUT2D eigenvalue weighted by atomic mass is 16.6. The first-order valence-corrected chi connectivity index (χ1v) is 9.52. The standard InChI is InChI=1S/C24H18N2O5/c1-15(27)26-21-13-7-5-11-19(21)24(30)31-22(26)17-9-3-2-8-16(17)14-25-20-12-6-4-10-18(20)23(28)29/h2-14,22H,1H3,(H,28,29). The monoisotopic (exact) mass is 414 g/mol. The van der Waals surface area contributed by atoms with Gasteiger partial charge in [-0.1, -0.05) is 48.5 Å². The number of carboxylic acids is 1. The van der Waals surface area contributed by atoms with Gasteiger partial charge in [0.15, 0.2) is 0 Å². The number of benzene rings is 3. The number of ether oxygens (including phenoxy) is 1. The lowest BCUT2D eigenvalue weighted by atomic mass is 10.0. The summed E-state index contributed by atoms with van der Waals surface area (Å²) >= 11 is 0. The van der Waals surface area contributed by atoms with Crippen LogP contribution in [0.25, 0.3) is 0 Å². The van der Waals surface area contributed by atoms with Crippen LogP contribution in [0.5, 0.6) is 0 Å². The first-order chi connectivity index (χ1) is 15.0. The summed E-state index contributed by atoms with van der Waals surface area (Å²) in [6.45, 7) is 1.41. The van der Waals surface area contributed by atoms with E-state index in [0.717, 1.165) is 0 Å². The van der Waals surface area contributed by atoms with E-state index in [0.29, 0.717) is 28.1 Å². The second-order valence-corrected chi connectivity index (χ2v) is 6.87. The number of carbonyl (C=O) groups excluding carboxylic acids is 2. The molecular weight excluding hydrogens is 396 g/mol. The summed E-state index contributed by atoms with van der Waals surface area (Å²) in [5, 5.41) is 9.36. The molecule has 1 atom stereocenters. The van der Waals surface area contributed by atoms with Crippen LogP contribution in [0.15, 0.2) is 77.8 Å². The second kappa shape index (κ2) is 8.23. The van der Waals surface area contributed by atoms with Crippen molar-refractivity contribution in [2.24, 2.45) is 4.99 Å². The lowest BCUT2D eigenvalue weighted by Crippen LogP contribution is -2.40. The first-order valence-electron chi connectivity index (χ1n) is 9.52. The molecule has 0 radical (unpaired) electrons. The molecule has 7 heteroatoms. The van der Waals surface area contributed by atoms with E-state index >= 15 is 0 Å². The van der Waals surface area contributed by atoms with E-state index in [2.05, 4.69) is 4.99 Å². The molecule has 0 bridgehead atoms. The number of hydrogen-bond donors (Lipinski definition) is 1. The number of hydrogen-bond acceptors (Lipinski definition) is 5. The quantitative estimate of drug-likeness (QED) is 0.506. The topological polar surface area (TPSA) is 96.3 Å². The van der Waals surface area contributed by atoms with Gasteiger partial charge < -0.3 is 9.84 Å². The van der Waals surface area contributed by atoms with Crippen LogP contribution >= 0.6 is 0 Å². The van der Waals surface area contributed by atoms with Gasteiger partial charge in [0.25, 0.3) is 0 Å². The minimum Gasteiger partial charge on any atom is -0.478 e. The molecule has 3 aromatic carbocycles. The van der Waals surface area contributed by atoms with Gasteiger partial charge in [0.05, 0.1) is 22.5 Å². The fourth-order valence-electron chi connectivity index (χ4n) is 3.50. The number of para-hydroxylation sites is 2. The number of carboxylic acid groups (broad SMARTS) is 1. The number of aliphatic imine (C=N–C) groups is 1. The predicted molar refractivity (Wildman–Crippen MR) is 115 cm³/mol. The number of esters is 1. The van der Waals surface area contributed by atoms with Crippen LogP contribution in [0.1, 0.15) is 45.0 Å². The Bertz CT molecular complexity index is 1220. The molecule has 1 heterocycles. The highest BCUT2D eigenvalue weighted by Crippen LogP contribution is 2.37. The van der Waals surface area contributed by atoms with Crippen LogP contribution in [0, 0.1) is 0 Å². The molecule has 0 fully saturated rings. The van der Waals surface area contributed by atoms with Crippen LogP contribution < -0.4 is 4.90 Å². The third-order valence-electron chi connectivity index (χ3n) is 4.92. The summed E-state index contributed by atoms with van der Waals surface area (Å²) in [5.74, 6) is -1.89. The van der Waals surface area contributed by atoms with E-state index in [9.17, 15) is 19.5 Å². The van der Waals surface area contributed by atoms with E-state index in [-0.39, 0.29) is 11.5 Å². The van der Waals surface area contributed by atoms with Gasteiger partial charge in [-0.15, -0.1) is 0 Å². The number of amides is 1. The highest BCUT2D eigenvalue weighted by molar-refractivity contribution is 6.05. The average molecular weight is 414 g/mol. The summed E-state index contributed by atoms with van der Waals surface area (Å²) < 4.78 is 5.64. The molecule has 4 rings (SSSR count). The Morgan fingerprint density at radius 3 is 2.45 bits per heavy atom. The van der Waals surface area contributed by atoms with E-state index in [4.69, 9.17) is 4.74 Å². The number of rotatable bonds is 4. The number of carbonyl (C=O) groups is 3. The molecule has 1 aliphatic rings. The van der Waals surface area contributed by atoms with Crippen molar-refractivity contribution in [2.75, 3.05) is 4.90 Å². The smallest absolute Gasteiger partial charge is 0.342 e. The van der Waals surface area contributed by atoms with Crippen molar-refractivity contribution in [3.8, 4) is 0 Å². The molecular formula is C24H18N2O5. The summed E-state index contributed by atoms with van der Waals surface area (Å²) in [5.41, 5.74) is 2.29. The van der Waals surface area contributed by atoms with Gasteiger partial charge in [-0.05, 0) is 24.3 Å². The van der Waals surface area contributed by atoms with E-state index in [1.807, 2.05) is 0 Å². The van der Waals surface area contributed by atoms with Gasteiger partial charge in [-0.2, -0.15) is 0 Å². The van der Waals surface area contributed by atoms with Crippen molar-refractivity contribution in [1.82, 2.24) is 0 Å². The summed E-state index contributed by atoms with van der Waals surface area (Å²) in [4.78, 5) is 42.3. The SMILES string of the molecule is CC(=O)N1c2ccccc2C(=O)OC1c1ccccc1C=Nc1ccccc1C(=O)O. The zero-order valence-corrected chi connectivity index (χ0v) is 16.6. The van der Waals surface area contributed by atoms with Crippen molar-refractivity contribution in [3.05, 3.63) is 95.1 Å². The molecule has 154 valence electrons. The van der Waals surface area contributed by atoms with Crippen molar-refractivity contribution in [3.63, 3.8) is 0 Å². The normalized spacial score (nSPS) is 15.5. The molecule has 3 aromatic rings. The van der Waals surface area contributed by atoms with Crippen LogP contribution in [-0.4, -0.2) is 29.2 Å². The second-order valence-electron chi connectivity index (χ2n) is 6.87. The van der Waals surface area contributed by atoms with E-state index in [1.54, 1.807) is 66.7 Å². The lowest BCUT2D eigenvalue weighted by Gasteiger charge is -2.36. The number of fused-ring (bicyclic) bond motifs is 1. The third kappa shape index (κ3) is 3.81. The number of cyclic esters (lactones) is 1. The molecule has 0 aromatic heterocycles. The van der Waals surface area contributed by atoms with Gasteiger partial charge >= 0.3 is 11.9 Å². The maximum Gasteiger partial charge on any atom is 0.342 e. The lowest BCUT2D eigenvalue weighted by molar-refractivity contribution is -0.118. The molecule has 31 heavy (non-hydrogen) atoms. The minimum absolute atomic E-state index is 0.0691. The molecule has 1 amide bonds. The van der Waals surface area contributed by atoms with Gasteiger partial charge in [0.2, 0.25) is 12.1 Å². The van der Waals surface area contributed by atoms with Crippen LogP contribution in [-0.2, 0) is 9.53 Å². The molecule has 0 saturated carbocycles. The Kier molecular flexibility index (Phi) is 5.32. The van der Waals surface area contributed by atoms with Crippen molar-refractivity contribution in [1.29, 1.82) is 0 Å².